The molecule has 1 fully saturated rings. The van der Waals surface area contributed by atoms with Crippen LogP contribution in [-0.2, 0) is 15.1 Å². The van der Waals surface area contributed by atoms with Crippen molar-refractivity contribution < 1.29 is 27.4 Å². The summed E-state index contributed by atoms with van der Waals surface area (Å²) in [5.74, 6) is -0.480. The Morgan fingerprint density at radius 3 is 2.60 bits per heavy atom. The maximum absolute atomic E-state index is 13.2. The third-order valence-electron chi connectivity index (χ3n) is 6.24. The molecule has 2 N–H and O–H groups in total. The molecule has 2 aromatic carbocycles. The molecular formula is C24H24Cl2F3N3O3. The molecule has 1 amide bonds. The number of carbonyl (C=O) groups excluding carboxylic acids is 1. The highest BCUT2D eigenvalue weighted by Gasteiger charge is 2.42. The number of halogens is 5. The minimum atomic E-state index is -4.83. The van der Waals surface area contributed by atoms with Gasteiger partial charge < -0.3 is 15.2 Å². The number of nitrogens with zero attached hydrogens (tertiary/aromatic N) is 2. The fourth-order valence-corrected chi connectivity index (χ4v) is 5.38. The van der Waals surface area contributed by atoms with Crippen LogP contribution in [0.5, 0.6) is 5.75 Å². The van der Waals surface area contributed by atoms with Gasteiger partial charge in [-0.25, -0.2) is 4.99 Å². The predicted molar refractivity (Wildman–Crippen MR) is 127 cm³/mol. The first kappa shape index (κ1) is 25.6. The van der Waals surface area contributed by atoms with Crippen LogP contribution in [0.2, 0.25) is 10.0 Å². The van der Waals surface area contributed by atoms with E-state index < -0.39 is 17.7 Å². The van der Waals surface area contributed by atoms with Gasteiger partial charge in [0.1, 0.15) is 5.75 Å². The molecule has 2 heterocycles. The van der Waals surface area contributed by atoms with Gasteiger partial charge in [-0.2, -0.15) is 0 Å². The predicted octanol–water partition coefficient (Wildman–Crippen LogP) is 5.89. The number of benzene rings is 2. The summed E-state index contributed by atoms with van der Waals surface area (Å²) in [7, 11) is 0. The molecule has 188 valence electrons. The summed E-state index contributed by atoms with van der Waals surface area (Å²) >= 11 is 13.0. The fourth-order valence-electron chi connectivity index (χ4n) is 4.68. The Morgan fingerprint density at radius 1 is 1.23 bits per heavy atom. The molecule has 3 atom stereocenters. The topological polar surface area (TPSA) is 77.2 Å². The third kappa shape index (κ3) is 5.37. The largest absolute Gasteiger partial charge is 0.573 e. The van der Waals surface area contributed by atoms with Crippen LogP contribution in [0.25, 0.3) is 11.1 Å². The van der Waals surface area contributed by atoms with E-state index in [4.69, 9.17) is 33.7 Å². The molecule has 0 aromatic heterocycles. The number of aliphatic imine (C=N–C) groups is 1. The van der Waals surface area contributed by atoms with Gasteiger partial charge in [-0.1, -0.05) is 41.4 Å². The maximum atomic E-state index is 13.2. The summed E-state index contributed by atoms with van der Waals surface area (Å²) in [4.78, 5) is 19.5. The zero-order valence-electron chi connectivity index (χ0n) is 19.0. The van der Waals surface area contributed by atoms with Gasteiger partial charge in [0.25, 0.3) is 0 Å². The van der Waals surface area contributed by atoms with E-state index in [1.54, 1.807) is 30.0 Å². The van der Waals surface area contributed by atoms with Crippen LogP contribution in [0, 0.1) is 0 Å². The number of rotatable bonds is 4. The molecule has 2 aliphatic rings. The van der Waals surface area contributed by atoms with Crippen LogP contribution >= 0.6 is 23.2 Å². The van der Waals surface area contributed by atoms with Crippen molar-refractivity contribution in [2.45, 2.75) is 57.2 Å². The van der Waals surface area contributed by atoms with E-state index in [9.17, 15) is 18.0 Å². The van der Waals surface area contributed by atoms with Crippen molar-refractivity contribution in [2.24, 2.45) is 10.7 Å². The molecule has 2 aromatic rings. The molecule has 11 heteroatoms. The number of alkyl halides is 3. The van der Waals surface area contributed by atoms with Crippen LogP contribution < -0.4 is 10.5 Å². The first-order valence-electron chi connectivity index (χ1n) is 11.0. The average Bonchev–Trinajstić information content (AvgIpc) is 2.72. The molecule has 0 bridgehead atoms. The number of carbonyl (C=O) groups is 1. The van der Waals surface area contributed by atoms with Crippen LogP contribution in [0.15, 0.2) is 41.4 Å². The van der Waals surface area contributed by atoms with Crippen LogP contribution in [0.4, 0.5) is 13.2 Å². The zero-order valence-corrected chi connectivity index (χ0v) is 20.5. The molecule has 6 nitrogen and oxygen atoms in total. The number of hydrogen-bond donors (Lipinski definition) is 1. The lowest BCUT2D eigenvalue weighted by molar-refractivity contribution is -0.274. The summed E-state index contributed by atoms with van der Waals surface area (Å²) in [6.07, 6.45) is -3.42. The van der Waals surface area contributed by atoms with Gasteiger partial charge >= 0.3 is 6.36 Å². The van der Waals surface area contributed by atoms with Crippen molar-refractivity contribution in [1.29, 1.82) is 0 Å². The number of guanidine groups is 1. The highest BCUT2D eigenvalue weighted by molar-refractivity contribution is 6.37. The molecular weight excluding hydrogens is 506 g/mol. The fraction of sp³-hybridized carbons (Fsp3) is 0.417. The maximum Gasteiger partial charge on any atom is 0.573 e. The minimum absolute atomic E-state index is 0.0199. The molecule has 35 heavy (non-hydrogen) atoms. The highest BCUT2D eigenvalue weighted by atomic mass is 35.5. The lowest BCUT2D eigenvalue weighted by Gasteiger charge is -2.41. The normalized spacial score (nSPS) is 25.4. The van der Waals surface area contributed by atoms with E-state index in [0.717, 1.165) is 12.1 Å². The van der Waals surface area contributed by atoms with Crippen molar-refractivity contribution in [3.05, 3.63) is 52.0 Å². The van der Waals surface area contributed by atoms with E-state index in [2.05, 4.69) is 9.73 Å². The molecule has 0 saturated carbocycles. The van der Waals surface area contributed by atoms with Crippen molar-refractivity contribution in [1.82, 2.24) is 4.90 Å². The van der Waals surface area contributed by atoms with E-state index in [1.807, 2.05) is 6.92 Å². The Balaban J connectivity index is 1.68. The van der Waals surface area contributed by atoms with E-state index >= 15 is 0 Å². The van der Waals surface area contributed by atoms with E-state index in [1.165, 1.54) is 6.07 Å². The summed E-state index contributed by atoms with van der Waals surface area (Å²) in [5, 5.41) is 0.303. The Hall–Kier alpha value is -2.49. The monoisotopic (exact) mass is 529 g/mol. The first-order chi connectivity index (χ1) is 16.4. The van der Waals surface area contributed by atoms with Crippen molar-refractivity contribution >= 4 is 35.1 Å². The molecule has 0 radical (unpaired) electrons. The molecule has 0 spiro atoms. The van der Waals surface area contributed by atoms with Crippen molar-refractivity contribution in [3.8, 4) is 16.9 Å². The van der Waals surface area contributed by atoms with Gasteiger partial charge in [0.2, 0.25) is 5.91 Å². The van der Waals surface area contributed by atoms with Crippen molar-refractivity contribution in [2.75, 3.05) is 6.61 Å². The number of ether oxygens (including phenoxy) is 2. The second-order valence-electron chi connectivity index (χ2n) is 8.90. The smallest absolute Gasteiger partial charge is 0.406 e. The van der Waals surface area contributed by atoms with Crippen LogP contribution in [0.3, 0.4) is 0 Å². The van der Waals surface area contributed by atoms with Gasteiger partial charge in [0.05, 0.1) is 28.1 Å². The molecule has 1 saturated heterocycles. The lowest BCUT2D eigenvalue weighted by Crippen LogP contribution is -2.56. The Morgan fingerprint density at radius 2 is 1.97 bits per heavy atom. The Labute approximate surface area is 210 Å². The van der Waals surface area contributed by atoms with E-state index in [-0.39, 0.29) is 40.5 Å². The number of amides is 1. The summed E-state index contributed by atoms with van der Waals surface area (Å²) in [5.41, 5.74) is 6.71. The lowest BCUT2D eigenvalue weighted by atomic mass is 9.85. The molecule has 2 aliphatic heterocycles. The van der Waals surface area contributed by atoms with Gasteiger partial charge in [-0.15, -0.1) is 13.2 Å². The van der Waals surface area contributed by atoms with Crippen molar-refractivity contribution in [3.63, 3.8) is 0 Å². The van der Waals surface area contributed by atoms with Crippen LogP contribution in [-0.4, -0.2) is 41.9 Å². The van der Waals surface area contributed by atoms with E-state index in [0.29, 0.717) is 36.1 Å². The summed E-state index contributed by atoms with van der Waals surface area (Å²) in [6.45, 7) is 4.27. The Bertz CT molecular complexity index is 1170. The summed E-state index contributed by atoms with van der Waals surface area (Å²) in [6, 6.07) is 8.70. The first-order valence-corrected chi connectivity index (χ1v) is 11.8. The molecule has 0 aliphatic carbocycles. The van der Waals surface area contributed by atoms with Gasteiger partial charge in [0.15, 0.2) is 5.96 Å². The average molecular weight is 530 g/mol. The standard InChI is InChI=1S/C24H24Cl2F3N3O3/c1-13-10-14(8-9-34-13)32-20(33)12-23(2,31-22(32)30)18-5-3-4-17(21(18)26)16-7-6-15(11-19(16)25)35-24(27,28)29/h3-7,11,13-14H,8-10,12H2,1-2H3,(H2,30,31)/t13-,14-,23-/m0/s1. The quantitative estimate of drug-likeness (QED) is 0.535. The summed E-state index contributed by atoms with van der Waals surface area (Å²) < 4.78 is 47.1. The van der Waals surface area contributed by atoms with Gasteiger partial charge in [-0.3, -0.25) is 9.69 Å². The van der Waals surface area contributed by atoms with Gasteiger partial charge in [0, 0.05) is 23.8 Å². The molecule has 0 unspecified atom stereocenters. The van der Waals surface area contributed by atoms with Gasteiger partial charge in [-0.05, 0) is 50.5 Å². The SMILES string of the molecule is C[C@H]1C[C@@H](N2C(=O)C[C@@](C)(c3cccc(-c4ccc(OC(F)(F)F)cc4Cl)c3Cl)N=C2N)CCO1. The zero-order chi connectivity index (χ0) is 25.5. The third-order valence-corrected chi connectivity index (χ3v) is 6.96. The number of nitrogens with two attached hydrogens (primary N) is 1. The van der Waals surface area contributed by atoms with Crippen LogP contribution in [0.1, 0.15) is 38.7 Å². The minimum Gasteiger partial charge on any atom is -0.406 e. The Kier molecular flexibility index (Phi) is 6.96. The number of hydrogen-bond acceptors (Lipinski definition) is 5. The highest BCUT2D eigenvalue weighted by Crippen LogP contribution is 2.44. The second kappa shape index (κ2) is 9.52. The molecule has 4 rings (SSSR count). The second-order valence-corrected chi connectivity index (χ2v) is 9.69.